The molecule has 0 radical (unpaired) electrons. The van der Waals surface area contributed by atoms with Crippen molar-refractivity contribution in [3.63, 3.8) is 0 Å². The minimum absolute atomic E-state index is 0.0239. The average molecular weight is 438 g/mol. The van der Waals surface area contributed by atoms with Crippen molar-refractivity contribution in [2.24, 2.45) is 5.92 Å². The van der Waals surface area contributed by atoms with E-state index < -0.39 is 16.2 Å². The van der Waals surface area contributed by atoms with Crippen LogP contribution in [-0.2, 0) is 14.8 Å². The highest BCUT2D eigenvalue weighted by atomic mass is 32.2. The molecule has 0 unspecified atom stereocenters. The lowest BCUT2D eigenvalue weighted by atomic mass is 10.1. The molecule has 1 N–H and O–H groups in total. The van der Waals surface area contributed by atoms with E-state index in [1.165, 1.54) is 4.31 Å². The van der Waals surface area contributed by atoms with E-state index in [1.54, 1.807) is 42.2 Å². The summed E-state index contributed by atoms with van der Waals surface area (Å²) in [5.41, 5.74) is -0.0989. The van der Waals surface area contributed by atoms with Crippen molar-refractivity contribution in [3.8, 4) is 0 Å². The molecule has 2 aromatic rings. The number of sulfonamides is 1. The van der Waals surface area contributed by atoms with Crippen LogP contribution in [0.3, 0.4) is 0 Å². The van der Waals surface area contributed by atoms with Crippen molar-refractivity contribution >= 4 is 27.7 Å². The molecule has 1 saturated heterocycles. The van der Waals surface area contributed by atoms with Crippen LogP contribution in [0.4, 0.5) is 0 Å². The van der Waals surface area contributed by atoms with E-state index >= 15 is 0 Å². The Balaban J connectivity index is 1.76. The molecule has 11 heteroatoms. The van der Waals surface area contributed by atoms with Gasteiger partial charge in [-0.25, -0.2) is 8.42 Å². The van der Waals surface area contributed by atoms with Crippen LogP contribution in [0.1, 0.15) is 19.5 Å². The molecular weight excluding hydrogens is 414 g/mol. The van der Waals surface area contributed by atoms with Crippen LogP contribution in [-0.4, -0.2) is 63.7 Å². The summed E-state index contributed by atoms with van der Waals surface area (Å²) in [4.78, 5) is 28.8. The molecule has 1 fully saturated rings. The maximum atomic E-state index is 13.1. The normalized spacial score (nSPS) is 17.8. The molecule has 1 atom stereocenters. The molecule has 0 saturated carbocycles. The summed E-state index contributed by atoms with van der Waals surface area (Å²) >= 11 is 1.07. The van der Waals surface area contributed by atoms with Gasteiger partial charge < -0.3 is 4.90 Å². The number of benzene rings is 1. The highest BCUT2D eigenvalue weighted by Gasteiger charge is 2.43. The zero-order valence-electron chi connectivity index (χ0n) is 16.4. The Hall–Kier alpha value is -2.24. The highest BCUT2D eigenvalue weighted by molar-refractivity contribution is 7.99. The molecule has 1 aliphatic rings. The number of nitrogens with zero attached hydrogens (tertiary/aromatic N) is 4. The van der Waals surface area contributed by atoms with E-state index in [2.05, 4.69) is 15.2 Å². The summed E-state index contributed by atoms with van der Waals surface area (Å²) in [6.07, 6.45) is -0.573. The fraction of sp³-hybridized carbons (Fsp3) is 0.444. The topological polar surface area (TPSA) is 116 Å². The molecule has 0 bridgehead atoms. The molecule has 0 aliphatic carbocycles. The lowest BCUT2D eigenvalue weighted by molar-refractivity contribution is -0.130. The van der Waals surface area contributed by atoms with Crippen LogP contribution in [0, 0.1) is 12.8 Å². The first-order valence-corrected chi connectivity index (χ1v) is 11.6. The van der Waals surface area contributed by atoms with Gasteiger partial charge in [-0.05, 0) is 25.0 Å². The Kier molecular flexibility index (Phi) is 6.39. The van der Waals surface area contributed by atoms with Gasteiger partial charge in [0, 0.05) is 13.1 Å². The number of hydrogen-bond donors (Lipinski definition) is 1. The molecule has 1 aromatic heterocycles. The molecule has 29 heavy (non-hydrogen) atoms. The van der Waals surface area contributed by atoms with Crippen LogP contribution in [0.2, 0.25) is 0 Å². The highest BCUT2D eigenvalue weighted by Crippen LogP contribution is 2.29. The molecular formula is C18H23N5O4S2. The molecule has 2 heterocycles. The summed E-state index contributed by atoms with van der Waals surface area (Å²) < 4.78 is 27.6. The first-order chi connectivity index (χ1) is 13.7. The van der Waals surface area contributed by atoms with E-state index in [0.29, 0.717) is 6.54 Å². The Bertz CT molecular complexity index is 1040. The largest absolute Gasteiger partial charge is 0.324 e. The zero-order chi connectivity index (χ0) is 21.2. The summed E-state index contributed by atoms with van der Waals surface area (Å²) in [6.45, 7) is 5.87. The Morgan fingerprint density at radius 3 is 2.55 bits per heavy atom. The number of nitrogens with one attached hydrogen (secondary N) is 1. The lowest BCUT2D eigenvalue weighted by Gasteiger charge is -2.32. The number of H-pyrrole nitrogens is 1. The molecule has 1 aliphatic heterocycles. The second-order valence-corrected chi connectivity index (χ2v) is 9.86. The van der Waals surface area contributed by atoms with Crippen molar-refractivity contribution in [1.82, 2.24) is 24.4 Å². The first kappa shape index (κ1) is 21.5. The van der Waals surface area contributed by atoms with E-state index in [4.69, 9.17) is 0 Å². The van der Waals surface area contributed by atoms with Crippen molar-refractivity contribution < 1.29 is 13.2 Å². The summed E-state index contributed by atoms with van der Waals surface area (Å²) in [5, 5.41) is 7.87. The maximum absolute atomic E-state index is 13.1. The second-order valence-electron chi connectivity index (χ2n) is 7.01. The minimum atomic E-state index is -3.71. The second kappa shape index (κ2) is 8.64. The minimum Gasteiger partial charge on any atom is -0.324 e. The van der Waals surface area contributed by atoms with Crippen LogP contribution in [0.25, 0.3) is 0 Å². The van der Waals surface area contributed by atoms with Gasteiger partial charge in [0.15, 0.2) is 5.16 Å². The van der Waals surface area contributed by atoms with Gasteiger partial charge in [0.25, 0.3) is 5.56 Å². The van der Waals surface area contributed by atoms with Gasteiger partial charge in [0.05, 0.1) is 10.6 Å². The number of aryl methyl sites for hydroxylation is 1. The van der Waals surface area contributed by atoms with Gasteiger partial charge in [0.2, 0.25) is 15.9 Å². The van der Waals surface area contributed by atoms with Crippen LogP contribution in [0.5, 0.6) is 0 Å². The number of rotatable bonds is 6. The fourth-order valence-electron chi connectivity index (χ4n) is 3.24. The smallest absolute Gasteiger partial charge is 0.273 e. The Labute approximate surface area is 173 Å². The molecule has 9 nitrogen and oxygen atoms in total. The SMILES string of the molecule is Cc1nnc(SCC(=O)N2CCN(S(=O)(=O)c3ccccc3)[C@H]2C(C)C)[nH]c1=O. The van der Waals surface area contributed by atoms with Gasteiger partial charge in [-0.15, -0.1) is 10.2 Å². The number of carbonyl (C=O) groups is 1. The van der Waals surface area contributed by atoms with Crippen LogP contribution in [0.15, 0.2) is 45.2 Å². The van der Waals surface area contributed by atoms with Gasteiger partial charge in [-0.1, -0.05) is 43.8 Å². The number of thioether (sulfide) groups is 1. The predicted molar refractivity (Wildman–Crippen MR) is 109 cm³/mol. The third kappa shape index (κ3) is 4.51. The standard InChI is InChI=1S/C18H23N5O4S2/c1-12(2)17-22(15(24)11-28-18-19-16(25)13(3)20-21-18)9-10-23(17)29(26,27)14-7-5-4-6-8-14/h4-8,12,17H,9-11H2,1-3H3,(H,19,21,25)/t17-/m0/s1. The van der Waals surface area contributed by atoms with Crippen molar-refractivity contribution in [1.29, 1.82) is 0 Å². The number of hydrogen-bond acceptors (Lipinski definition) is 7. The molecule has 3 rings (SSSR count). The number of amides is 1. The van der Waals surface area contributed by atoms with Gasteiger partial charge in [0.1, 0.15) is 11.9 Å². The van der Waals surface area contributed by atoms with Crippen molar-refractivity contribution in [3.05, 3.63) is 46.4 Å². The maximum Gasteiger partial charge on any atom is 0.273 e. The molecule has 0 spiro atoms. The molecule has 1 amide bonds. The Morgan fingerprint density at radius 2 is 1.93 bits per heavy atom. The molecule has 1 aromatic carbocycles. The third-order valence-corrected chi connectivity index (χ3v) is 7.35. The molecule has 156 valence electrons. The summed E-state index contributed by atoms with van der Waals surface area (Å²) in [5.74, 6) is -0.289. The Morgan fingerprint density at radius 1 is 1.24 bits per heavy atom. The number of carbonyl (C=O) groups excluding carboxylic acids is 1. The number of aromatic nitrogens is 3. The number of aromatic amines is 1. The lowest BCUT2D eigenvalue weighted by Crippen LogP contribution is -2.48. The van der Waals surface area contributed by atoms with E-state index in [-0.39, 0.29) is 45.4 Å². The summed E-state index contributed by atoms with van der Waals surface area (Å²) in [7, 11) is -3.71. The van der Waals surface area contributed by atoms with Gasteiger partial charge >= 0.3 is 0 Å². The van der Waals surface area contributed by atoms with Crippen molar-refractivity contribution in [2.45, 2.75) is 37.0 Å². The van der Waals surface area contributed by atoms with Crippen LogP contribution >= 0.6 is 11.8 Å². The average Bonchev–Trinajstić information content (AvgIpc) is 3.16. The monoisotopic (exact) mass is 437 g/mol. The third-order valence-electron chi connectivity index (χ3n) is 4.61. The fourth-order valence-corrected chi connectivity index (χ4v) is 5.66. The van der Waals surface area contributed by atoms with Gasteiger partial charge in [-0.2, -0.15) is 4.31 Å². The van der Waals surface area contributed by atoms with Gasteiger partial charge in [-0.3, -0.25) is 14.6 Å². The van der Waals surface area contributed by atoms with Crippen LogP contribution < -0.4 is 5.56 Å². The predicted octanol–water partition coefficient (Wildman–Crippen LogP) is 1.08. The van der Waals surface area contributed by atoms with E-state index in [0.717, 1.165) is 11.8 Å². The zero-order valence-corrected chi connectivity index (χ0v) is 18.0. The van der Waals surface area contributed by atoms with E-state index in [1.807, 2.05) is 13.8 Å². The summed E-state index contributed by atoms with van der Waals surface area (Å²) in [6, 6.07) is 8.22. The first-order valence-electron chi connectivity index (χ1n) is 9.14. The van der Waals surface area contributed by atoms with Crippen molar-refractivity contribution in [2.75, 3.05) is 18.8 Å². The van der Waals surface area contributed by atoms with E-state index in [9.17, 15) is 18.0 Å². The quantitative estimate of drug-likeness (QED) is 0.672.